The van der Waals surface area contributed by atoms with Crippen molar-refractivity contribution >= 4 is 5.69 Å². The molecule has 1 aliphatic rings. The highest BCUT2D eigenvalue weighted by molar-refractivity contribution is 5.45. The Balaban J connectivity index is 2.06. The first-order chi connectivity index (χ1) is 9.78. The summed E-state index contributed by atoms with van der Waals surface area (Å²) >= 11 is 0. The fraction of sp³-hybridized carbons (Fsp3) is 0.600. The molecule has 2 atom stereocenters. The van der Waals surface area contributed by atoms with Gasteiger partial charge in [0.05, 0.1) is 36.8 Å². The van der Waals surface area contributed by atoms with Gasteiger partial charge in [-0.05, 0) is 25.1 Å². The molecule has 0 aliphatic carbocycles. The number of hydrogen-bond donors (Lipinski definition) is 1. The van der Waals surface area contributed by atoms with Gasteiger partial charge in [-0.25, -0.2) is 0 Å². The molecule has 20 heavy (non-hydrogen) atoms. The first-order valence-electron chi connectivity index (χ1n) is 7.24. The molecule has 0 saturated carbocycles. The lowest BCUT2D eigenvalue weighted by molar-refractivity contribution is 0.0764. The molecule has 2 rings (SSSR count). The van der Waals surface area contributed by atoms with E-state index in [1.54, 1.807) is 0 Å². The molecular weight excluding hydrogens is 252 g/mol. The van der Waals surface area contributed by atoms with Crippen LogP contribution in [-0.2, 0) is 4.74 Å². The van der Waals surface area contributed by atoms with Crippen molar-refractivity contribution in [1.29, 1.82) is 5.26 Å². The van der Waals surface area contributed by atoms with Crippen LogP contribution in [0.25, 0.3) is 0 Å². The number of pyridine rings is 1. The van der Waals surface area contributed by atoms with E-state index in [2.05, 4.69) is 47.3 Å². The predicted octanol–water partition coefficient (Wildman–Crippen LogP) is 1.87. The Morgan fingerprint density at radius 3 is 3.00 bits per heavy atom. The molecule has 0 amide bonds. The highest BCUT2D eigenvalue weighted by Crippen LogP contribution is 2.20. The predicted molar refractivity (Wildman–Crippen MR) is 78.5 cm³/mol. The van der Waals surface area contributed by atoms with Crippen LogP contribution in [0.5, 0.6) is 0 Å². The quantitative estimate of drug-likeness (QED) is 0.888. The van der Waals surface area contributed by atoms with E-state index in [0.29, 0.717) is 19.2 Å². The molecule has 0 spiro atoms. The summed E-state index contributed by atoms with van der Waals surface area (Å²) in [4.78, 5) is 6.72. The summed E-state index contributed by atoms with van der Waals surface area (Å²) in [6, 6.07) is 6.63. The maximum absolute atomic E-state index is 8.94. The second-order valence-electron chi connectivity index (χ2n) is 4.89. The van der Waals surface area contributed by atoms with Gasteiger partial charge >= 0.3 is 0 Å². The van der Waals surface area contributed by atoms with Gasteiger partial charge in [0, 0.05) is 12.6 Å². The van der Waals surface area contributed by atoms with Gasteiger partial charge < -0.3 is 15.0 Å². The Bertz CT molecular complexity index is 454. The second kappa shape index (κ2) is 7.22. The van der Waals surface area contributed by atoms with Crippen LogP contribution < -0.4 is 10.2 Å². The van der Waals surface area contributed by atoms with E-state index in [4.69, 9.17) is 10.00 Å². The summed E-state index contributed by atoms with van der Waals surface area (Å²) in [5.41, 5.74) is 2.13. The van der Waals surface area contributed by atoms with Gasteiger partial charge in [0.2, 0.25) is 0 Å². The van der Waals surface area contributed by atoms with E-state index in [1.165, 1.54) is 0 Å². The van der Waals surface area contributed by atoms with Crippen LogP contribution in [0.15, 0.2) is 18.3 Å². The number of hydrogen-bond acceptors (Lipinski definition) is 5. The maximum Gasteiger partial charge on any atom is 0.161 e. The van der Waals surface area contributed by atoms with Gasteiger partial charge in [-0.3, -0.25) is 4.98 Å². The summed E-state index contributed by atoms with van der Waals surface area (Å²) in [6.07, 6.45) is 2.58. The SMILES string of the molecule is CCNC(CC)c1ccc(N2CCOC(C#N)C2)cn1. The number of nitriles is 1. The van der Waals surface area contributed by atoms with Crippen molar-refractivity contribution in [3.8, 4) is 6.07 Å². The summed E-state index contributed by atoms with van der Waals surface area (Å²) in [5, 5.41) is 12.4. The van der Waals surface area contributed by atoms with Crippen molar-refractivity contribution in [1.82, 2.24) is 10.3 Å². The zero-order valence-electron chi connectivity index (χ0n) is 12.2. The first-order valence-corrected chi connectivity index (χ1v) is 7.24. The molecule has 2 heterocycles. The minimum Gasteiger partial charge on any atom is -0.364 e. The standard InChI is InChI=1S/C15H22N4O/c1-3-14(17-4-2)15-6-5-12(10-18-15)19-7-8-20-13(9-16)11-19/h5-6,10,13-14,17H,3-4,7-8,11H2,1-2H3. The molecule has 5 nitrogen and oxygen atoms in total. The van der Waals surface area contributed by atoms with E-state index < -0.39 is 0 Å². The molecule has 0 radical (unpaired) electrons. The van der Waals surface area contributed by atoms with Crippen molar-refractivity contribution in [3.63, 3.8) is 0 Å². The van der Waals surface area contributed by atoms with E-state index >= 15 is 0 Å². The van der Waals surface area contributed by atoms with Crippen molar-refractivity contribution < 1.29 is 4.74 Å². The number of ether oxygens (including phenoxy) is 1. The van der Waals surface area contributed by atoms with Crippen molar-refractivity contribution in [2.45, 2.75) is 32.4 Å². The average molecular weight is 274 g/mol. The smallest absolute Gasteiger partial charge is 0.161 e. The zero-order chi connectivity index (χ0) is 14.4. The Labute approximate surface area is 120 Å². The van der Waals surface area contributed by atoms with Crippen LogP contribution >= 0.6 is 0 Å². The number of anilines is 1. The van der Waals surface area contributed by atoms with E-state index in [0.717, 1.165) is 30.9 Å². The summed E-state index contributed by atoms with van der Waals surface area (Å²) in [7, 11) is 0. The Hall–Kier alpha value is -1.64. The van der Waals surface area contributed by atoms with Gasteiger partial charge in [-0.2, -0.15) is 5.26 Å². The molecular formula is C15H22N4O. The number of nitrogens with zero attached hydrogens (tertiary/aromatic N) is 3. The Morgan fingerprint density at radius 1 is 1.55 bits per heavy atom. The molecule has 1 aromatic heterocycles. The molecule has 0 aromatic carbocycles. The van der Waals surface area contributed by atoms with Gasteiger partial charge in [-0.1, -0.05) is 13.8 Å². The molecule has 108 valence electrons. The number of nitrogens with one attached hydrogen (secondary N) is 1. The van der Waals surface area contributed by atoms with Crippen molar-refractivity contribution in [2.24, 2.45) is 0 Å². The largest absolute Gasteiger partial charge is 0.364 e. The molecule has 2 unspecified atom stereocenters. The summed E-state index contributed by atoms with van der Waals surface area (Å²) in [5.74, 6) is 0. The Kier molecular flexibility index (Phi) is 5.33. The minimum atomic E-state index is -0.339. The lowest BCUT2D eigenvalue weighted by Crippen LogP contribution is -2.41. The lowest BCUT2D eigenvalue weighted by Gasteiger charge is -2.31. The van der Waals surface area contributed by atoms with Crippen LogP contribution in [0.3, 0.4) is 0 Å². The third-order valence-corrected chi connectivity index (χ3v) is 3.56. The fourth-order valence-corrected chi connectivity index (χ4v) is 2.46. The van der Waals surface area contributed by atoms with Gasteiger partial charge in [0.15, 0.2) is 6.10 Å². The van der Waals surface area contributed by atoms with Crippen LogP contribution in [-0.4, -0.2) is 37.3 Å². The third-order valence-electron chi connectivity index (χ3n) is 3.56. The zero-order valence-corrected chi connectivity index (χ0v) is 12.2. The normalized spacial score (nSPS) is 20.4. The molecule has 0 bridgehead atoms. The van der Waals surface area contributed by atoms with E-state index in [1.807, 2.05) is 6.20 Å². The summed E-state index contributed by atoms with van der Waals surface area (Å²) in [6.45, 7) is 7.21. The highest BCUT2D eigenvalue weighted by atomic mass is 16.5. The number of morpholine rings is 1. The summed E-state index contributed by atoms with van der Waals surface area (Å²) < 4.78 is 5.36. The number of rotatable bonds is 5. The molecule has 1 aromatic rings. The lowest BCUT2D eigenvalue weighted by atomic mass is 10.1. The highest BCUT2D eigenvalue weighted by Gasteiger charge is 2.20. The topological polar surface area (TPSA) is 61.2 Å². The van der Waals surface area contributed by atoms with Crippen molar-refractivity contribution in [2.75, 3.05) is 31.1 Å². The number of aromatic nitrogens is 1. The Morgan fingerprint density at radius 2 is 2.40 bits per heavy atom. The average Bonchev–Trinajstić information content (AvgIpc) is 2.53. The van der Waals surface area contributed by atoms with Gasteiger partial charge in [0.25, 0.3) is 0 Å². The monoisotopic (exact) mass is 274 g/mol. The second-order valence-corrected chi connectivity index (χ2v) is 4.89. The fourth-order valence-electron chi connectivity index (χ4n) is 2.46. The molecule has 1 N–H and O–H groups in total. The van der Waals surface area contributed by atoms with Gasteiger partial charge in [-0.15, -0.1) is 0 Å². The van der Waals surface area contributed by atoms with Crippen LogP contribution in [0.2, 0.25) is 0 Å². The first kappa shape index (κ1) is 14.8. The van der Waals surface area contributed by atoms with Crippen LogP contribution in [0.4, 0.5) is 5.69 Å². The van der Waals surface area contributed by atoms with Gasteiger partial charge in [0.1, 0.15) is 0 Å². The van der Waals surface area contributed by atoms with Crippen LogP contribution in [0, 0.1) is 11.3 Å². The molecule has 1 aliphatic heterocycles. The molecule has 1 fully saturated rings. The minimum absolute atomic E-state index is 0.311. The molecule has 5 heteroatoms. The van der Waals surface area contributed by atoms with Crippen molar-refractivity contribution in [3.05, 3.63) is 24.0 Å². The van der Waals surface area contributed by atoms with Crippen LogP contribution in [0.1, 0.15) is 32.0 Å². The molecule has 1 saturated heterocycles. The van der Waals surface area contributed by atoms with E-state index in [9.17, 15) is 0 Å². The third kappa shape index (κ3) is 3.47. The van der Waals surface area contributed by atoms with E-state index in [-0.39, 0.29) is 6.10 Å². The maximum atomic E-state index is 8.94.